The van der Waals surface area contributed by atoms with E-state index in [1.165, 1.54) is 16.7 Å². The zero-order valence-corrected chi connectivity index (χ0v) is 13.3. The summed E-state index contributed by atoms with van der Waals surface area (Å²) in [5.41, 5.74) is 4.62. The van der Waals surface area contributed by atoms with Gasteiger partial charge in [-0.15, -0.1) is 11.8 Å². The van der Waals surface area contributed by atoms with Gasteiger partial charge in [0.1, 0.15) is 0 Å². The molecule has 0 aliphatic rings. The summed E-state index contributed by atoms with van der Waals surface area (Å²) in [4.78, 5) is 1.16. The number of hydrogen-bond acceptors (Lipinski definition) is 2. The summed E-state index contributed by atoms with van der Waals surface area (Å²) in [6.07, 6.45) is 0. The van der Waals surface area contributed by atoms with Crippen LogP contribution >= 0.6 is 27.7 Å². The number of nitriles is 1. The quantitative estimate of drug-likeness (QED) is 0.719. The molecular formula is C16H14BrNS. The summed E-state index contributed by atoms with van der Waals surface area (Å²) in [6, 6.07) is 14.5. The topological polar surface area (TPSA) is 23.8 Å². The molecule has 2 rings (SSSR count). The molecule has 0 heterocycles. The highest BCUT2D eigenvalue weighted by Gasteiger charge is 2.03. The minimum absolute atomic E-state index is 0.683. The van der Waals surface area contributed by atoms with Gasteiger partial charge in [0.25, 0.3) is 0 Å². The molecule has 0 aromatic heterocycles. The first-order chi connectivity index (χ1) is 9.08. The van der Waals surface area contributed by atoms with Gasteiger partial charge < -0.3 is 0 Å². The minimum Gasteiger partial charge on any atom is -0.192 e. The van der Waals surface area contributed by atoms with Crippen LogP contribution in [0, 0.1) is 25.2 Å². The maximum atomic E-state index is 8.84. The first-order valence-corrected chi connectivity index (χ1v) is 7.76. The number of thioether (sulfide) groups is 1. The molecule has 0 unspecified atom stereocenters. The van der Waals surface area contributed by atoms with Crippen molar-refractivity contribution in [2.24, 2.45) is 0 Å². The van der Waals surface area contributed by atoms with E-state index in [2.05, 4.69) is 54.0 Å². The second-order valence-corrected chi connectivity index (χ2v) is 6.41. The van der Waals surface area contributed by atoms with E-state index in [1.54, 1.807) is 11.8 Å². The number of nitrogens with zero attached hydrogens (tertiary/aromatic N) is 1. The molecule has 0 N–H and O–H groups in total. The Balaban J connectivity index is 2.12. The van der Waals surface area contributed by atoms with E-state index in [4.69, 9.17) is 5.26 Å². The molecule has 2 aromatic rings. The summed E-state index contributed by atoms with van der Waals surface area (Å²) in [6.45, 7) is 4.25. The summed E-state index contributed by atoms with van der Waals surface area (Å²) in [5.74, 6) is 0.938. The molecular weight excluding hydrogens is 318 g/mol. The molecule has 1 nitrogen and oxygen atoms in total. The predicted octanol–water partition coefficient (Wildman–Crippen LogP) is 5.23. The average Bonchev–Trinajstić information content (AvgIpc) is 2.36. The van der Waals surface area contributed by atoms with Gasteiger partial charge in [-0.1, -0.05) is 29.3 Å². The number of hydrogen-bond donors (Lipinski definition) is 0. The molecule has 0 atom stereocenters. The lowest BCUT2D eigenvalue weighted by atomic mass is 10.1. The lowest BCUT2D eigenvalue weighted by Crippen LogP contribution is -1.86. The average molecular weight is 332 g/mol. The van der Waals surface area contributed by atoms with Crippen molar-refractivity contribution in [3.8, 4) is 6.07 Å². The fraction of sp³-hybridized carbons (Fsp3) is 0.188. The van der Waals surface area contributed by atoms with Crippen molar-refractivity contribution < 1.29 is 0 Å². The fourth-order valence-corrected chi connectivity index (χ4v) is 3.57. The third-order valence-electron chi connectivity index (χ3n) is 2.74. The summed E-state index contributed by atoms with van der Waals surface area (Å²) in [7, 11) is 0. The highest BCUT2D eigenvalue weighted by Crippen LogP contribution is 2.31. The Morgan fingerprint density at radius 2 is 1.79 bits per heavy atom. The van der Waals surface area contributed by atoms with E-state index < -0.39 is 0 Å². The molecule has 0 amide bonds. The van der Waals surface area contributed by atoms with Crippen LogP contribution in [0.5, 0.6) is 0 Å². The maximum Gasteiger partial charge on any atom is 0.0992 e. The fourth-order valence-electron chi connectivity index (χ4n) is 2.00. The highest BCUT2D eigenvalue weighted by molar-refractivity contribution is 9.10. The summed E-state index contributed by atoms with van der Waals surface area (Å²) in [5, 5.41) is 8.84. The Morgan fingerprint density at radius 3 is 2.37 bits per heavy atom. The van der Waals surface area contributed by atoms with Gasteiger partial charge in [0.2, 0.25) is 0 Å². The first kappa shape index (κ1) is 14.2. The van der Waals surface area contributed by atoms with Gasteiger partial charge in [0.15, 0.2) is 0 Å². The standard InChI is InChI=1S/C16H14BrNS/c1-11-5-12(2)7-14(6-11)10-19-16-4-3-13(9-18)8-15(16)17/h3-8H,10H2,1-2H3. The number of benzene rings is 2. The zero-order chi connectivity index (χ0) is 13.8. The summed E-state index contributed by atoms with van der Waals surface area (Å²) >= 11 is 5.30. The van der Waals surface area contributed by atoms with Crippen molar-refractivity contribution in [1.29, 1.82) is 5.26 Å². The van der Waals surface area contributed by atoms with Crippen molar-refractivity contribution >= 4 is 27.7 Å². The third-order valence-corrected chi connectivity index (χ3v) is 4.80. The maximum absolute atomic E-state index is 8.84. The summed E-state index contributed by atoms with van der Waals surface area (Å²) < 4.78 is 0.987. The molecule has 19 heavy (non-hydrogen) atoms. The van der Waals surface area contributed by atoms with Crippen LogP contribution in [-0.4, -0.2) is 0 Å². The van der Waals surface area contributed by atoms with Gasteiger partial charge in [-0.2, -0.15) is 5.26 Å². The van der Waals surface area contributed by atoms with Crippen LogP contribution < -0.4 is 0 Å². The molecule has 0 saturated heterocycles. The second kappa shape index (κ2) is 6.27. The molecule has 0 radical (unpaired) electrons. The number of rotatable bonds is 3. The van der Waals surface area contributed by atoms with Crippen LogP contribution in [0.15, 0.2) is 45.8 Å². The van der Waals surface area contributed by atoms with Crippen LogP contribution in [-0.2, 0) is 5.75 Å². The largest absolute Gasteiger partial charge is 0.192 e. The number of halogens is 1. The molecule has 0 saturated carbocycles. The van der Waals surface area contributed by atoms with Crippen LogP contribution in [0.4, 0.5) is 0 Å². The van der Waals surface area contributed by atoms with E-state index >= 15 is 0 Å². The molecule has 0 fully saturated rings. The smallest absolute Gasteiger partial charge is 0.0992 e. The Morgan fingerprint density at radius 1 is 1.11 bits per heavy atom. The Labute approximate surface area is 126 Å². The normalized spacial score (nSPS) is 10.2. The molecule has 0 spiro atoms. The minimum atomic E-state index is 0.683. The molecule has 0 aliphatic carbocycles. The Hall–Kier alpha value is -1.24. The predicted molar refractivity (Wildman–Crippen MR) is 84.3 cm³/mol. The van der Waals surface area contributed by atoms with Crippen LogP contribution in [0.3, 0.4) is 0 Å². The van der Waals surface area contributed by atoms with Crippen molar-refractivity contribution in [3.05, 3.63) is 63.1 Å². The van der Waals surface area contributed by atoms with E-state index in [-0.39, 0.29) is 0 Å². The molecule has 0 aliphatic heterocycles. The van der Waals surface area contributed by atoms with Gasteiger partial charge in [-0.25, -0.2) is 0 Å². The third kappa shape index (κ3) is 3.86. The number of aryl methyl sites for hydroxylation is 2. The SMILES string of the molecule is Cc1cc(C)cc(CSc2ccc(C#N)cc2Br)c1. The Kier molecular flexibility index (Phi) is 4.68. The van der Waals surface area contributed by atoms with Crippen molar-refractivity contribution in [2.45, 2.75) is 24.5 Å². The van der Waals surface area contributed by atoms with E-state index in [0.717, 1.165) is 15.1 Å². The molecule has 96 valence electrons. The molecule has 3 heteroatoms. The lowest BCUT2D eigenvalue weighted by Gasteiger charge is -2.07. The highest BCUT2D eigenvalue weighted by atomic mass is 79.9. The van der Waals surface area contributed by atoms with Crippen LogP contribution in [0.1, 0.15) is 22.3 Å². The van der Waals surface area contributed by atoms with Gasteiger partial charge >= 0.3 is 0 Å². The second-order valence-electron chi connectivity index (χ2n) is 4.54. The molecule has 0 bridgehead atoms. The van der Waals surface area contributed by atoms with Gasteiger partial charge in [-0.3, -0.25) is 0 Å². The monoisotopic (exact) mass is 331 g/mol. The van der Waals surface area contributed by atoms with Crippen LogP contribution in [0.25, 0.3) is 0 Å². The van der Waals surface area contributed by atoms with Gasteiger partial charge in [0, 0.05) is 15.1 Å². The van der Waals surface area contributed by atoms with Crippen LogP contribution in [0.2, 0.25) is 0 Å². The van der Waals surface area contributed by atoms with Gasteiger partial charge in [-0.05, 0) is 53.5 Å². The zero-order valence-electron chi connectivity index (χ0n) is 10.9. The van der Waals surface area contributed by atoms with Crippen molar-refractivity contribution in [1.82, 2.24) is 0 Å². The first-order valence-electron chi connectivity index (χ1n) is 5.98. The molecule has 2 aromatic carbocycles. The van der Waals surface area contributed by atoms with Crippen molar-refractivity contribution in [2.75, 3.05) is 0 Å². The Bertz CT molecular complexity index is 623. The van der Waals surface area contributed by atoms with E-state index in [9.17, 15) is 0 Å². The van der Waals surface area contributed by atoms with Gasteiger partial charge in [0.05, 0.1) is 11.6 Å². The lowest BCUT2D eigenvalue weighted by molar-refractivity contribution is 1.29. The van der Waals surface area contributed by atoms with E-state index in [0.29, 0.717) is 5.56 Å². The van der Waals surface area contributed by atoms with E-state index in [1.807, 2.05) is 18.2 Å². The van der Waals surface area contributed by atoms with Crippen molar-refractivity contribution in [3.63, 3.8) is 0 Å².